The Bertz CT molecular complexity index is 301. The van der Waals surface area contributed by atoms with E-state index in [0.29, 0.717) is 15.2 Å². The predicted octanol–water partition coefficient (Wildman–Crippen LogP) is 3.09. The highest BCUT2D eigenvalue weighted by molar-refractivity contribution is 7.20. The molecule has 0 saturated heterocycles. The van der Waals surface area contributed by atoms with E-state index in [4.69, 9.17) is 28.3 Å². The molecule has 0 amide bonds. The Morgan fingerprint density at radius 1 is 1.50 bits per heavy atom. The standard InChI is InChI=1S/C9H13Cl2NOS/c1-5(13)4-12-6(2)7-3-8(10)14-9(7)11/h3,5-6,12-13H,4H2,1-2H3/t5-,6?/m1/s1. The summed E-state index contributed by atoms with van der Waals surface area (Å²) in [6, 6.07) is 1.97. The second kappa shape index (κ2) is 5.33. The molecule has 0 aromatic carbocycles. The van der Waals surface area contributed by atoms with Gasteiger partial charge in [0.05, 0.1) is 14.8 Å². The lowest BCUT2D eigenvalue weighted by Gasteiger charge is -2.14. The van der Waals surface area contributed by atoms with Crippen molar-refractivity contribution in [3.8, 4) is 0 Å². The fourth-order valence-corrected chi connectivity index (χ4v) is 2.75. The molecule has 0 fully saturated rings. The van der Waals surface area contributed by atoms with Gasteiger partial charge in [-0.2, -0.15) is 0 Å². The van der Waals surface area contributed by atoms with Crippen LogP contribution < -0.4 is 5.32 Å². The van der Waals surface area contributed by atoms with Crippen molar-refractivity contribution in [2.75, 3.05) is 6.54 Å². The zero-order valence-electron chi connectivity index (χ0n) is 8.05. The molecule has 1 aromatic rings. The average Bonchev–Trinajstić information content (AvgIpc) is 2.41. The summed E-state index contributed by atoms with van der Waals surface area (Å²) in [6.45, 7) is 4.28. The first-order valence-electron chi connectivity index (χ1n) is 4.37. The monoisotopic (exact) mass is 253 g/mol. The summed E-state index contributed by atoms with van der Waals surface area (Å²) < 4.78 is 1.40. The van der Waals surface area contributed by atoms with E-state index in [0.717, 1.165) is 5.56 Å². The van der Waals surface area contributed by atoms with E-state index in [1.54, 1.807) is 6.92 Å². The maximum atomic E-state index is 9.10. The first-order chi connectivity index (χ1) is 6.50. The molecule has 2 atom stereocenters. The Hall–Kier alpha value is 0.200. The molecule has 14 heavy (non-hydrogen) atoms. The Morgan fingerprint density at radius 2 is 2.14 bits per heavy atom. The second-order valence-corrected chi connectivity index (χ2v) is 5.54. The minimum Gasteiger partial charge on any atom is -0.392 e. The van der Waals surface area contributed by atoms with Crippen molar-refractivity contribution < 1.29 is 5.11 Å². The van der Waals surface area contributed by atoms with E-state index < -0.39 is 0 Å². The highest BCUT2D eigenvalue weighted by Gasteiger charge is 2.13. The molecule has 0 radical (unpaired) electrons. The molecule has 1 unspecified atom stereocenters. The average molecular weight is 254 g/mol. The van der Waals surface area contributed by atoms with Crippen molar-refractivity contribution in [3.05, 3.63) is 20.3 Å². The minimum absolute atomic E-state index is 0.112. The Morgan fingerprint density at radius 3 is 2.57 bits per heavy atom. The number of halogens is 2. The number of hydrogen-bond donors (Lipinski definition) is 2. The fourth-order valence-electron chi connectivity index (χ4n) is 1.11. The molecule has 1 aromatic heterocycles. The summed E-state index contributed by atoms with van der Waals surface area (Å²) in [6.07, 6.45) is -0.356. The van der Waals surface area contributed by atoms with Gasteiger partial charge in [0, 0.05) is 12.6 Å². The molecule has 0 aliphatic heterocycles. The van der Waals surface area contributed by atoms with E-state index in [9.17, 15) is 0 Å². The summed E-state index contributed by atoms with van der Waals surface area (Å²) in [5.41, 5.74) is 0.988. The van der Waals surface area contributed by atoms with Crippen LogP contribution in [0.3, 0.4) is 0 Å². The van der Waals surface area contributed by atoms with Crippen molar-refractivity contribution in [3.63, 3.8) is 0 Å². The van der Waals surface area contributed by atoms with Crippen molar-refractivity contribution in [1.29, 1.82) is 0 Å². The van der Waals surface area contributed by atoms with Crippen LogP contribution in [-0.2, 0) is 0 Å². The number of thiophene rings is 1. The third-order valence-corrected chi connectivity index (χ3v) is 3.39. The topological polar surface area (TPSA) is 32.3 Å². The van der Waals surface area contributed by atoms with Crippen LogP contribution in [0.2, 0.25) is 8.67 Å². The van der Waals surface area contributed by atoms with Crippen LogP contribution in [0.1, 0.15) is 25.5 Å². The third-order valence-electron chi connectivity index (χ3n) is 1.87. The summed E-state index contributed by atoms with van der Waals surface area (Å²) in [7, 11) is 0. The van der Waals surface area contributed by atoms with Crippen LogP contribution in [0.5, 0.6) is 0 Å². The predicted molar refractivity (Wildman–Crippen MR) is 62.4 cm³/mol. The molecule has 2 N–H and O–H groups in total. The number of aliphatic hydroxyl groups excluding tert-OH is 1. The molecule has 0 spiro atoms. The summed E-state index contributed by atoms with van der Waals surface area (Å²) in [4.78, 5) is 0. The fraction of sp³-hybridized carbons (Fsp3) is 0.556. The van der Waals surface area contributed by atoms with Gasteiger partial charge in [-0.25, -0.2) is 0 Å². The molecule has 0 bridgehead atoms. The van der Waals surface area contributed by atoms with Gasteiger partial charge in [0.25, 0.3) is 0 Å². The first kappa shape index (κ1) is 12.3. The third kappa shape index (κ3) is 3.41. The van der Waals surface area contributed by atoms with Crippen LogP contribution in [0.4, 0.5) is 0 Å². The highest BCUT2D eigenvalue weighted by Crippen LogP contribution is 2.34. The van der Waals surface area contributed by atoms with Gasteiger partial charge >= 0.3 is 0 Å². The van der Waals surface area contributed by atoms with Gasteiger partial charge in [-0.15, -0.1) is 11.3 Å². The molecule has 0 aliphatic carbocycles. The minimum atomic E-state index is -0.356. The van der Waals surface area contributed by atoms with Crippen LogP contribution in [0, 0.1) is 0 Å². The molecule has 80 valence electrons. The largest absolute Gasteiger partial charge is 0.392 e. The van der Waals surface area contributed by atoms with Gasteiger partial charge < -0.3 is 10.4 Å². The van der Waals surface area contributed by atoms with Gasteiger partial charge in [-0.3, -0.25) is 0 Å². The number of nitrogens with one attached hydrogen (secondary N) is 1. The van der Waals surface area contributed by atoms with Crippen LogP contribution in [0.15, 0.2) is 6.07 Å². The van der Waals surface area contributed by atoms with Crippen molar-refractivity contribution in [1.82, 2.24) is 5.32 Å². The molecular weight excluding hydrogens is 241 g/mol. The Balaban J connectivity index is 2.60. The lowest BCUT2D eigenvalue weighted by atomic mass is 10.2. The van der Waals surface area contributed by atoms with Gasteiger partial charge in [0.15, 0.2) is 0 Å². The van der Waals surface area contributed by atoms with Gasteiger partial charge in [-0.1, -0.05) is 23.2 Å². The number of hydrogen-bond acceptors (Lipinski definition) is 3. The van der Waals surface area contributed by atoms with E-state index in [1.807, 2.05) is 13.0 Å². The lowest BCUT2D eigenvalue weighted by Crippen LogP contribution is -2.26. The van der Waals surface area contributed by atoms with E-state index in [-0.39, 0.29) is 12.1 Å². The lowest BCUT2D eigenvalue weighted by molar-refractivity contribution is 0.187. The quantitative estimate of drug-likeness (QED) is 0.865. The molecular formula is C9H13Cl2NOS. The summed E-state index contributed by atoms with van der Waals surface area (Å²) >= 11 is 13.2. The Labute approximate surface area is 97.8 Å². The zero-order valence-corrected chi connectivity index (χ0v) is 10.4. The molecule has 1 heterocycles. The maximum Gasteiger partial charge on any atom is 0.0991 e. The van der Waals surface area contributed by atoms with Crippen molar-refractivity contribution in [2.45, 2.75) is 26.0 Å². The van der Waals surface area contributed by atoms with E-state index >= 15 is 0 Å². The summed E-state index contributed by atoms with van der Waals surface area (Å²) in [5.74, 6) is 0. The molecule has 2 nitrogen and oxygen atoms in total. The van der Waals surface area contributed by atoms with Crippen molar-refractivity contribution in [2.24, 2.45) is 0 Å². The van der Waals surface area contributed by atoms with Crippen LogP contribution in [-0.4, -0.2) is 17.8 Å². The summed E-state index contributed by atoms with van der Waals surface area (Å²) in [5, 5.41) is 12.3. The number of rotatable bonds is 4. The SMILES string of the molecule is CC(NC[C@@H](C)O)c1cc(Cl)sc1Cl. The smallest absolute Gasteiger partial charge is 0.0991 e. The van der Waals surface area contributed by atoms with Crippen LogP contribution >= 0.6 is 34.5 Å². The van der Waals surface area contributed by atoms with Gasteiger partial charge in [0.2, 0.25) is 0 Å². The number of aliphatic hydroxyl groups is 1. The maximum absolute atomic E-state index is 9.10. The molecule has 1 rings (SSSR count). The van der Waals surface area contributed by atoms with Gasteiger partial charge in [-0.05, 0) is 25.5 Å². The van der Waals surface area contributed by atoms with Crippen molar-refractivity contribution >= 4 is 34.5 Å². The molecule has 5 heteroatoms. The van der Waals surface area contributed by atoms with E-state index in [2.05, 4.69) is 5.32 Å². The zero-order chi connectivity index (χ0) is 10.7. The van der Waals surface area contributed by atoms with Gasteiger partial charge in [0.1, 0.15) is 0 Å². The first-order valence-corrected chi connectivity index (χ1v) is 5.94. The van der Waals surface area contributed by atoms with Crippen LogP contribution in [0.25, 0.3) is 0 Å². The van der Waals surface area contributed by atoms with E-state index in [1.165, 1.54) is 11.3 Å². The molecule has 0 saturated carbocycles. The molecule has 0 aliphatic rings. The second-order valence-electron chi connectivity index (χ2n) is 3.26. The highest BCUT2D eigenvalue weighted by atomic mass is 35.5. The normalized spacial score (nSPS) is 15.5. The Kier molecular flexibility index (Phi) is 4.67.